The topological polar surface area (TPSA) is 80.9 Å². The second-order valence-electron chi connectivity index (χ2n) is 3.66. The minimum Gasteiger partial charge on any atom is -0.393 e. The molecule has 0 saturated heterocycles. The lowest BCUT2D eigenvalue weighted by atomic mass is 10.0. The van der Waals surface area contributed by atoms with E-state index < -0.39 is 12.1 Å². The summed E-state index contributed by atoms with van der Waals surface area (Å²) in [4.78, 5) is 0. The molecule has 0 saturated carbocycles. The highest BCUT2D eigenvalue weighted by Crippen LogP contribution is 2.11. The van der Waals surface area contributed by atoms with E-state index in [1.165, 1.54) is 0 Å². The van der Waals surface area contributed by atoms with Crippen molar-refractivity contribution in [1.29, 1.82) is 0 Å². The van der Waals surface area contributed by atoms with Gasteiger partial charge in [-0.25, -0.2) is 0 Å². The third-order valence-electron chi connectivity index (χ3n) is 2.13. The van der Waals surface area contributed by atoms with Crippen LogP contribution in [0.1, 0.15) is 18.4 Å². The first-order valence-corrected chi connectivity index (χ1v) is 4.86. The maximum absolute atomic E-state index is 9.53. The minimum absolute atomic E-state index is 0.137. The quantitative estimate of drug-likeness (QED) is 0.518. The van der Waals surface area contributed by atoms with Crippen LogP contribution in [-0.2, 0) is 6.42 Å². The molecule has 0 aliphatic rings. The molecule has 0 fully saturated rings. The van der Waals surface area contributed by atoms with E-state index in [0.717, 1.165) is 5.56 Å². The van der Waals surface area contributed by atoms with Gasteiger partial charge in [-0.3, -0.25) is 0 Å². The predicted molar refractivity (Wildman–Crippen MR) is 54.8 cm³/mol. The molecule has 4 heteroatoms. The molecule has 0 aromatic heterocycles. The van der Waals surface area contributed by atoms with Gasteiger partial charge in [0, 0.05) is 6.42 Å². The summed E-state index contributed by atoms with van der Waals surface area (Å²) in [6.45, 7) is 0. The van der Waals surface area contributed by atoms with Gasteiger partial charge in [0.15, 0.2) is 0 Å². The summed E-state index contributed by atoms with van der Waals surface area (Å²) in [7, 11) is 0. The van der Waals surface area contributed by atoms with Crippen molar-refractivity contribution in [2.75, 3.05) is 0 Å². The molecule has 84 valence electrons. The van der Waals surface area contributed by atoms with Crippen LogP contribution in [0.5, 0.6) is 0 Å². The fourth-order valence-corrected chi connectivity index (χ4v) is 1.35. The van der Waals surface area contributed by atoms with Crippen LogP contribution in [0.2, 0.25) is 0 Å². The van der Waals surface area contributed by atoms with Gasteiger partial charge in [-0.1, -0.05) is 30.3 Å². The first-order valence-electron chi connectivity index (χ1n) is 4.86. The summed E-state index contributed by atoms with van der Waals surface area (Å²) in [6, 6.07) is 9.39. The van der Waals surface area contributed by atoms with Gasteiger partial charge in [0.25, 0.3) is 5.97 Å². The Morgan fingerprint density at radius 2 is 1.67 bits per heavy atom. The van der Waals surface area contributed by atoms with Crippen LogP contribution in [0.3, 0.4) is 0 Å². The SMILES string of the molecule is OC(CCC(O)(O)O)Cc1ccccc1. The van der Waals surface area contributed by atoms with Crippen molar-refractivity contribution >= 4 is 0 Å². The summed E-state index contributed by atoms with van der Waals surface area (Å²) in [5.41, 5.74) is 0.976. The Kier molecular flexibility index (Phi) is 4.23. The molecular weight excluding hydrogens is 196 g/mol. The molecule has 0 heterocycles. The third kappa shape index (κ3) is 5.49. The second-order valence-corrected chi connectivity index (χ2v) is 3.66. The third-order valence-corrected chi connectivity index (χ3v) is 2.13. The van der Waals surface area contributed by atoms with E-state index in [2.05, 4.69) is 0 Å². The molecule has 0 aliphatic heterocycles. The number of benzene rings is 1. The molecule has 0 spiro atoms. The van der Waals surface area contributed by atoms with Gasteiger partial charge < -0.3 is 20.4 Å². The number of hydrogen-bond acceptors (Lipinski definition) is 4. The monoisotopic (exact) mass is 212 g/mol. The summed E-state index contributed by atoms with van der Waals surface area (Å²) in [5, 5.41) is 35.4. The summed E-state index contributed by atoms with van der Waals surface area (Å²) in [6.07, 6.45) is -0.366. The Bertz CT molecular complexity index is 278. The van der Waals surface area contributed by atoms with E-state index in [1.54, 1.807) is 0 Å². The Morgan fingerprint density at radius 3 is 2.20 bits per heavy atom. The number of rotatable bonds is 5. The molecule has 1 atom stereocenters. The van der Waals surface area contributed by atoms with Crippen molar-refractivity contribution in [3.63, 3.8) is 0 Å². The molecule has 0 bridgehead atoms. The van der Waals surface area contributed by atoms with Gasteiger partial charge >= 0.3 is 0 Å². The van der Waals surface area contributed by atoms with E-state index in [-0.39, 0.29) is 12.8 Å². The van der Waals surface area contributed by atoms with E-state index in [0.29, 0.717) is 6.42 Å². The molecule has 0 aliphatic carbocycles. The summed E-state index contributed by atoms with van der Waals surface area (Å²) in [5.74, 6) is -2.68. The zero-order chi connectivity index (χ0) is 11.3. The largest absolute Gasteiger partial charge is 0.393 e. The van der Waals surface area contributed by atoms with Gasteiger partial charge in [-0.2, -0.15) is 0 Å². The maximum atomic E-state index is 9.53. The summed E-state index contributed by atoms with van der Waals surface area (Å²) >= 11 is 0. The van der Waals surface area contributed by atoms with Crippen molar-refractivity contribution in [3.05, 3.63) is 35.9 Å². The van der Waals surface area contributed by atoms with Gasteiger partial charge in [0.05, 0.1) is 6.10 Å². The highest BCUT2D eigenvalue weighted by atomic mass is 16.7. The Hall–Kier alpha value is -0.940. The second kappa shape index (κ2) is 5.23. The molecule has 1 aromatic carbocycles. The van der Waals surface area contributed by atoms with Gasteiger partial charge in [-0.05, 0) is 18.4 Å². The summed E-state index contributed by atoms with van der Waals surface area (Å²) < 4.78 is 0. The van der Waals surface area contributed by atoms with Crippen LogP contribution in [0.4, 0.5) is 0 Å². The average molecular weight is 212 g/mol. The zero-order valence-corrected chi connectivity index (χ0v) is 8.37. The molecule has 0 amide bonds. The molecule has 4 nitrogen and oxygen atoms in total. The first-order chi connectivity index (χ1) is 6.97. The fraction of sp³-hybridized carbons (Fsp3) is 0.455. The van der Waals surface area contributed by atoms with Gasteiger partial charge in [0.2, 0.25) is 0 Å². The van der Waals surface area contributed by atoms with E-state index in [9.17, 15) is 5.11 Å². The van der Waals surface area contributed by atoms with Crippen molar-refractivity contribution in [3.8, 4) is 0 Å². The van der Waals surface area contributed by atoms with E-state index >= 15 is 0 Å². The number of aliphatic hydroxyl groups is 4. The van der Waals surface area contributed by atoms with Crippen molar-refractivity contribution in [2.45, 2.75) is 31.3 Å². The predicted octanol–water partition coefficient (Wildman–Crippen LogP) is 0.000900. The van der Waals surface area contributed by atoms with E-state index in [4.69, 9.17) is 15.3 Å². The molecule has 1 aromatic rings. The van der Waals surface area contributed by atoms with Crippen molar-refractivity contribution in [2.24, 2.45) is 0 Å². The lowest BCUT2D eigenvalue weighted by molar-refractivity contribution is -0.316. The lowest BCUT2D eigenvalue weighted by Gasteiger charge is -2.16. The van der Waals surface area contributed by atoms with Crippen LogP contribution in [-0.4, -0.2) is 32.5 Å². The van der Waals surface area contributed by atoms with Crippen LogP contribution in [0, 0.1) is 0 Å². The molecule has 1 rings (SSSR count). The number of hydrogen-bond donors (Lipinski definition) is 4. The molecule has 15 heavy (non-hydrogen) atoms. The zero-order valence-electron chi connectivity index (χ0n) is 8.37. The van der Waals surface area contributed by atoms with Crippen LogP contribution < -0.4 is 0 Å². The lowest BCUT2D eigenvalue weighted by Crippen LogP contribution is -2.29. The maximum Gasteiger partial charge on any atom is 0.275 e. The Labute approximate surface area is 88.4 Å². The first kappa shape index (κ1) is 12.1. The van der Waals surface area contributed by atoms with Gasteiger partial charge in [-0.15, -0.1) is 0 Å². The van der Waals surface area contributed by atoms with Crippen LogP contribution in [0.25, 0.3) is 0 Å². The smallest absolute Gasteiger partial charge is 0.275 e. The molecule has 4 N–H and O–H groups in total. The standard InChI is InChI=1S/C11H16O4/c12-10(6-7-11(13,14)15)8-9-4-2-1-3-5-9/h1-5,10,12-15H,6-8H2. The average Bonchev–Trinajstić information content (AvgIpc) is 2.15. The number of aliphatic hydroxyl groups excluding tert-OH is 1. The molecule has 0 radical (unpaired) electrons. The molecular formula is C11H16O4. The van der Waals surface area contributed by atoms with Gasteiger partial charge in [0.1, 0.15) is 0 Å². The van der Waals surface area contributed by atoms with E-state index in [1.807, 2.05) is 30.3 Å². The van der Waals surface area contributed by atoms with Crippen molar-refractivity contribution in [1.82, 2.24) is 0 Å². The minimum atomic E-state index is -2.68. The van der Waals surface area contributed by atoms with Crippen molar-refractivity contribution < 1.29 is 20.4 Å². The van der Waals surface area contributed by atoms with Crippen LogP contribution in [0.15, 0.2) is 30.3 Å². The highest BCUT2D eigenvalue weighted by Gasteiger charge is 2.19. The Morgan fingerprint density at radius 1 is 1.07 bits per heavy atom. The Balaban J connectivity index is 2.34. The fourth-order valence-electron chi connectivity index (χ4n) is 1.35. The normalized spacial score (nSPS) is 13.9. The highest BCUT2D eigenvalue weighted by molar-refractivity contribution is 5.15. The molecule has 1 unspecified atom stereocenters. The van der Waals surface area contributed by atoms with Crippen LogP contribution >= 0.6 is 0 Å².